The molecular formula is C19H36O. The maximum Gasteiger partial charge on any atom is 0.158 e. The van der Waals surface area contributed by atoms with E-state index in [1.807, 2.05) is 12.2 Å². The first-order valence-electron chi connectivity index (χ1n) is 8.96. The molecule has 1 nitrogen and oxygen atoms in total. The Balaban J connectivity index is 3.61. The van der Waals surface area contributed by atoms with E-state index in [-0.39, 0.29) is 5.92 Å². The standard InChI is InChI=1S/C19H36O/c1-4-7-9-10-11-12-13-15-16-18(6-3)19(20)17-14-8-5-2/h14,17-18H,4-13,15-16H2,1-3H3/b17-14+. The third kappa shape index (κ3) is 11.3. The number of ketones is 1. The second kappa shape index (κ2) is 14.8. The summed E-state index contributed by atoms with van der Waals surface area (Å²) in [5.41, 5.74) is 0. The van der Waals surface area contributed by atoms with Crippen LogP contribution in [-0.4, -0.2) is 5.78 Å². The van der Waals surface area contributed by atoms with Gasteiger partial charge in [0.05, 0.1) is 0 Å². The molecule has 0 saturated carbocycles. The van der Waals surface area contributed by atoms with Gasteiger partial charge in [0.1, 0.15) is 0 Å². The predicted molar refractivity (Wildman–Crippen MR) is 90.1 cm³/mol. The smallest absolute Gasteiger partial charge is 0.158 e. The second-order valence-electron chi connectivity index (χ2n) is 5.96. The Kier molecular flexibility index (Phi) is 14.4. The van der Waals surface area contributed by atoms with E-state index in [2.05, 4.69) is 20.8 Å². The number of carbonyl (C=O) groups excluding carboxylic acids is 1. The Bertz CT molecular complexity index is 242. The van der Waals surface area contributed by atoms with Gasteiger partial charge in [0.25, 0.3) is 0 Å². The lowest BCUT2D eigenvalue weighted by molar-refractivity contribution is -0.118. The highest BCUT2D eigenvalue weighted by atomic mass is 16.1. The van der Waals surface area contributed by atoms with E-state index in [1.54, 1.807) is 0 Å². The Hall–Kier alpha value is -0.590. The molecule has 0 aliphatic rings. The summed E-state index contributed by atoms with van der Waals surface area (Å²) in [4.78, 5) is 12.0. The van der Waals surface area contributed by atoms with Crippen LogP contribution in [0.25, 0.3) is 0 Å². The highest BCUT2D eigenvalue weighted by molar-refractivity contribution is 5.91. The fraction of sp³-hybridized carbons (Fsp3) is 0.842. The van der Waals surface area contributed by atoms with Crippen molar-refractivity contribution in [3.05, 3.63) is 12.2 Å². The third-order valence-electron chi connectivity index (χ3n) is 4.04. The number of hydrogen-bond donors (Lipinski definition) is 0. The molecule has 0 heterocycles. The molecule has 1 heteroatoms. The lowest BCUT2D eigenvalue weighted by Crippen LogP contribution is -2.10. The van der Waals surface area contributed by atoms with Gasteiger partial charge in [-0.05, 0) is 25.3 Å². The first-order valence-corrected chi connectivity index (χ1v) is 8.96. The van der Waals surface area contributed by atoms with Gasteiger partial charge >= 0.3 is 0 Å². The van der Waals surface area contributed by atoms with Gasteiger partial charge < -0.3 is 0 Å². The van der Waals surface area contributed by atoms with Crippen LogP contribution in [-0.2, 0) is 4.79 Å². The minimum Gasteiger partial charge on any atom is -0.295 e. The van der Waals surface area contributed by atoms with E-state index in [0.29, 0.717) is 5.78 Å². The lowest BCUT2D eigenvalue weighted by Gasteiger charge is -2.11. The summed E-state index contributed by atoms with van der Waals surface area (Å²) < 4.78 is 0. The maximum absolute atomic E-state index is 12.0. The molecule has 0 spiro atoms. The molecule has 0 aromatic carbocycles. The van der Waals surface area contributed by atoms with Crippen LogP contribution < -0.4 is 0 Å². The monoisotopic (exact) mass is 280 g/mol. The quantitative estimate of drug-likeness (QED) is 0.263. The molecular weight excluding hydrogens is 244 g/mol. The van der Waals surface area contributed by atoms with E-state index in [9.17, 15) is 4.79 Å². The summed E-state index contributed by atoms with van der Waals surface area (Å²) >= 11 is 0. The number of unbranched alkanes of at least 4 members (excludes halogenated alkanes) is 8. The summed E-state index contributed by atoms with van der Waals surface area (Å²) in [6.07, 6.45) is 18.8. The number of rotatable bonds is 14. The van der Waals surface area contributed by atoms with Gasteiger partial charge in [0.15, 0.2) is 5.78 Å². The zero-order valence-corrected chi connectivity index (χ0v) is 14.1. The van der Waals surface area contributed by atoms with Gasteiger partial charge in [-0.3, -0.25) is 4.79 Å². The number of carbonyl (C=O) groups is 1. The molecule has 0 bridgehead atoms. The van der Waals surface area contributed by atoms with Crippen LogP contribution in [0.1, 0.15) is 97.8 Å². The van der Waals surface area contributed by atoms with Crippen LogP contribution in [0.2, 0.25) is 0 Å². The molecule has 0 rings (SSSR count). The third-order valence-corrected chi connectivity index (χ3v) is 4.04. The molecule has 1 unspecified atom stereocenters. The molecule has 0 aromatic rings. The summed E-state index contributed by atoms with van der Waals surface area (Å²) in [6, 6.07) is 0. The maximum atomic E-state index is 12.0. The molecule has 0 aliphatic heterocycles. The fourth-order valence-corrected chi connectivity index (χ4v) is 2.57. The van der Waals surface area contributed by atoms with E-state index < -0.39 is 0 Å². The molecule has 20 heavy (non-hydrogen) atoms. The van der Waals surface area contributed by atoms with Crippen molar-refractivity contribution < 1.29 is 4.79 Å². The van der Waals surface area contributed by atoms with Crippen LogP contribution in [0.4, 0.5) is 0 Å². The molecule has 0 aromatic heterocycles. The molecule has 0 fully saturated rings. The van der Waals surface area contributed by atoms with Gasteiger partial charge in [-0.1, -0.05) is 84.6 Å². The minimum absolute atomic E-state index is 0.267. The molecule has 0 aliphatic carbocycles. The van der Waals surface area contributed by atoms with Gasteiger partial charge in [-0.15, -0.1) is 0 Å². The number of allylic oxidation sites excluding steroid dienone is 2. The normalized spacial score (nSPS) is 12.9. The lowest BCUT2D eigenvalue weighted by atomic mass is 9.93. The number of hydrogen-bond acceptors (Lipinski definition) is 1. The summed E-state index contributed by atoms with van der Waals surface area (Å²) in [6.45, 7) is 6.55. The largest absolute Gasteiger partial charge is 0.295 e. The zero-order chi connectivity index (χ0) is 15.1. The van der Waals surface area contributed by atoms with E-state index in [4.69, 9.17) is 0 Å². The Labute approximate surface area is 127 Å². The van der Waals surface area contributed by atoms with Gasteiger partial charge in [-0.2, -0.15) is 0 Å². The highest BCUT2D eigenvalue weighted by Crippen LogP contribution is 2.17. The SMILES string of the molecule is CCC/C=C/C(=O)C(CC)CCCCCCCCCC. The van der Waals surface area contributed by atoms with Crippen molar-refractivity contribution in [2.45, 2.75) is 97.8 Å². The zero-order valence-electron chi connectivity index (χ0n) is 14.1. The highest BCUT2D eigenvalue weighted by Gasteiger charge is 2.12. The molecule has 118 valence electrons. The second-order valence-corrected chi connectivity index (χ2v) is 5.96. The van der Waals surface area contributed by atoms with Gasteiger partial charge in [0.2, 0.25) is 0 Å². The van der Waals surface area contributed by atoms with Crippen LogP contribution >= 0.6 is 0 Å². The molecule has 0 amide bonds. The summed E-state index contributed by atoms with van der Waals surface area (Å²) in [7, 11) is 0. The van der Waals surface area contributed by atoms with Crippen molar-refractivity contribution in [1.29, 1.82) is 0 Å². The van der Waals surface area contributed by atoms with Crippen LogP contribution in [0.3, 0.4) is 0 Å². The Morgan fingerprint density at radius 3 is 2.00 bits per heavy atom. The van der Waals surface area contributed by atoms with Gasteiger partial charge in [0, 0.05) is 5.92 Å². The first-order chi connectivity index (χ1) is 9.76. The summed E-state index contributed by atoms with van der Waals surface area (Å²) in [5.74, 6) is 0.618. The van der Waals surface area contributed by atoms with Crippen LogP contribution in [0.15, 0.2) is 12.2 Å². The predicted octanol–water partition coefficient (Wildman–Crippen LogP) is 6.47. The van der Waals surface area contributed by atoms with Crippen molar-refractivity contribution in [3.8, 4) is 0 Å². The van der Waals surface area contributed by atoms with Crippen molar-refractivity contribution >= 4 is 5.78 Å². The topological polar surface area (TPSA) is 17.1 Å². The minimum atomic E-state index is 0.267. The average Bonchev–Trinajstić information content (AvgIpc) is 2.46. The van der Waals surface area contributed by atoms with Crippen molar-refractivity contribution in [2.24, 2.45) is 5.92 Å². The Morgan fingerprint density at radius 2 is 1.45 bits per heavy atom. The molecule has 1 atom stereocenters. The van der Waals surface area contributed by atoms with E-state index >= 15 is 0 Å². The average molecular weight is 280 g/mol. The molecule has 0 radical (unpaired) electrons. The molecule has 0 saturated heterocycles. The van der Waals surface area contributed by atoms with Crippen LogP contribution in [0.5, 0.6) is 0 Å². The van der Waals surface area contributed by atoms with Crippen LogP contribution in [0, 0.1) is 5.92 Å². The Morgan fingerprint density at radius 1 is 0.850 bits per heavy atom. The fourth-order valence-electron chi connectivity index (χ4n) is 2.57. The van der Waals surface area contributed by atoms with Crippen molar-refractivity contribution in [3.63, 3.8) is 0 Å². The van der Waals surface area contributed by atoms with Gasteiger partial charge in [-0.25, -0.2) is 0 Å². The van der Waals surface area contributed by atoms with E-state index in [1.165, 1.54) is 51.4 Å². The van der Waals surface area contributed by atoms with Crippen molar-refractivity contribution in [2.75, 3.05) is 0 Å². The van der Waals surface area contributed by atoms with E-state index in [0.717, 1.165) is 25.7 Å². The first kappa shape index (κ1) is 19.4. The van der Waals surface area contributed by atoms with Crippen molar-refractivity contribution in [1.82, 2.24) is 0 Å². The molecule has 0 N–H and O–H groups in total. The summed E-state index contributed by atoms with van der Waals surface area (Å²) in [5, 5.41) is 0.